The second kappa shape index (κ2) is 7.78. The molecule has 1 heterocycles. The van der Waals surface area contributed by atoms with Gasteiger partial charge < -0.3 is 4.74 Å². The molecule has 1 aliphatic rings. The highest BCUT2D eigenvalue weighted by molar-refractivity contribution is 9.10. The van der Waals surface area contributed by atoms with Crippen LogP contribution in [-0.2, 0) is 22.6 Å². The average Bonchev–Trinajstić information content (AvgIpc) is 2.98. The minimum atomic E-state index is -0.688. The van der Waals surface area contributed by atoms with E-state index in [2.05, 4.69) is 15.9 Å². The van der Waals surface area contributed by atoms with E-state index < -0.39 is 18.0 Å². The number of ether oxygens (including phenoxy) is 1. The van der Waals surface area contributed by atoms with Crippen molar-refractivity contribution in [1.29, 1.82) is 0 Å². The van der Waals surface area contributed by atoms with Crippen molar-refractivity contribution in [2.45, 2.75) is 25.5 Å². The number of nitrogens with zero attached hydrogens (tertiary/aromatic N) is 1. The van der Waals surface area contributed by atoms with Crippen LogP contribution >= 0.6 is 15.9 Å². The lowest BCUT2D eigenvalue weighted by molar-refractivity contribution is -0.119. The molecule has 1 unspecified atom stereocenters. The molecule has 0 aliphatic carbocycles. The molecular weight excluding hydrogens is 389 g/mol. The molecule has 1 amide bonds. The summed E-state index contributed by atoms with van der Waals surface area (Å²) in [5, 5.41) is 0. The molecule has 6 heteroatoms. The second-order valence-corrected chi connectivity index (χ2v) is 6.74. The van der Waals surface area contributed by atoms with Crippen LogP contribution < -0.4 is 0 Å². The number of carbonyl (C=O) groups is 2. The maximum absolute atomic E-state index is 14.2. The van der Waals surface area contributed by atoms with E-state index in [0.29, 0.717) is 16.6 Å². The fourth-order valence-corrected chi connectivity index (χ4v) is 3.29. The predicted molar refractivity (Wildman–Crippen MR) is 94.5 cm³/mol. The summed E-state index contributed by atoms with van der Waals surface area (Å²) in [5.41, 5.74) is 1.27. The molecule has 1 fully saturated rings. The summed E-state index contributed by atoms with van der Waals surface area (Å²) in [6, 6.07) is 13.6. The van der Waals surface area contributed by atoms with Crippen molar-refractivity contribution in [1.82, 2.24) is 4.90 Å². The van der Waals surface area contributed by atoms with Gasteiger partial charge in [-0.25, -0.2) is 9.18 Å². The van der Waals surface area contributed by atoms with Crippen molar-refractivity contribution in [2.24, 2.45) is 0 Å². The number of ketones is 1. The first-order valence-electron chi connectivity index (χ1n) is 7.99. The molecule has 2 aromatic carbocycles. The van der Waals surface area contributed by atoms with Crippen molar-refractivity contribution in [3.63, 3.8) is 0 Å². The third-order valence-electron chi connectivity index (χ3n) is 4.23. The second-order valence-electron chi connectivity index (χ2n) is 5.88. The van der Waals surface area contributed by atoms with Crippen LogP contribution in [0.2, 0.25) is 0 Å². The van der Waals surface area contributed by atoms with E-state index in [1.807, 2.05) is 30.3 Å². The fourth-order valence-electron chi connectivity index (χ4n) is 2.89. The van der Waals surface area contributed by atoms with E-state index in [-0.39, 0.29) is 25.2 Å². The maximum Gasteiger partial charge on any atom is 0.410 e. The first-order valence-corrected chi connectivity index (χ1v) is 8.78. The van der Waals surface area contributed by atoms with Gasteiger partial charge in [0.1, 0.15) is 12.4 Å². The molecule has 3 rings (SSSR count). The number of amides is 1. The van der Waals surface area contributed by atoms with Gasteiger partial charge in [0.15, 0.2) is 5.78 Å². The Morgan fingerprint density at radius 3 is 2.72 bits per heavy atom. The van der Waals surface area contributed by atoms with E-state index >= 15 is 0 Å². The van der Waals surface area contributed by atoms with Gasteiger partial charge in [0.25, 0.3) is 0 Å². The maximum atomic E-state index is 14.2. The molecule has 0 radical (unpaired) electrons. The summed E-state index contributed by atoms with van der Waals surface area (Å²) >= 11 is 3.14. The highest BCUT2D eigenvalue weighted by Gasteiger charge is 2.37. The molecule has 2 aromatic rings. The van der Waals surface area contributed by atoms with E-state index in [9.17, 15) is 14.0 Å². The van der Waals surface area contributed by atoms with Crippen molar-refractivity contribution in [3.05, 3.63) is 69.9 Å². The van der Waals surface area contributed by atoms with Crippen LogP contribution in [0.3, 0.4) is 0 Å². The summed E-state index contributed by atoms with van der Waals surface area (Å²) < 4.78 is 19.8. The minimum Gasteiger partial charge on any atom is -0.445 e. The monoisotopic (exact) mass is 405 g/mol. The third kappa shape index (κ3) is 4.07. The molecule has 4 nitrogen and oxygen atoms in total. The molecule has 1 atom stereocenters. The number of hydrogen-bond acceptors (Lipinski definition) is 3. The van der Waals surface area contributed by atoms with E-state index in [0.717, 1.165) is 5.56 Å². The average molecular weight is 406 g/mol. The summed E-state index contributed by atoms with van der Waals surface area (Å²) in [4.78, 5) is 25.9. The predicted octanol–water partition coefficient (Wildman–Crippen LogP) is 4.11. The van der Waals surface area contributed by atoms with Crippen LogP contribution in [0.4, 0.5) is 9.18 Å². The molecule has 1 aliphatic heterocycles. The Labute approximate surface area is 153 Å². The quantitative estimate of drug-likeness (QED) is 0.768. The summed E-state index contributed by atoms with van der Waals surface area (Å²) in [6.07, 6.45) is -0.138. The largest absolute Gasteiger partial charge is 0.445 e. The lowest BCUT2D eigenvalue weighted by atomic mass is 10.0. The van der Waals surface area contributed by atoms with Gasteiger partial charge in [0.2, 0.25) is 0 Å². The Morgan fingerprint density at radius 1 is 1.20 bits per heavy atom. The van der Waals surface area contributed by atoms with Crippen LogP contribution in [0.1, 0.15) is 17.5 Å². The molecule has 1 saturated heterocycles. The zero-order valence-corrected chi connectivity index (χ0v) is 15.0. The van der Waals surface area contributed by atoms with Crippen LogP contribution in [0.15, 0.2) is 53.0 Å². The Balaban J connectivity index is 1.68. The van der Waals surface area contributed by atoms with Gasteiger partial charge in [-0.05, 0) is 33.1 Å². The number of halogens is 2. The first-order chi connectivity index (χ1) is 12.1. The number of likely N-dealkylation sites (tertiary alicyclic amines) is 1. The zero-order chi connectivity index (χ0) is 17.8. The molecule has 130 valence electrons. The lowest BCUT2D eigenvalue weighted by Gasteiger charge is -2.23. The Morgan fingerprint density at radius 2 is 1.96 bits per heavy atom. The Hall–Kier alpha value is -2.21. The molecule has 0 aromatic heterocycles. The van der Waals surface area contributed by atoms with Gasteiger partial charge in [-0.3, -0.25) is 9.69 Å². The standard InChI is InChI=1S/C19H17BrFNO3/c20-15-8-4-7-14(18(15)21)11-16-17(23)9-10-22(16)19(24)25-12-13-5-2-1-3-6-13/h1-8,16H,9-12H2. The van der Waals surface area contributed by atoms with E-state index in [4.69, 9.17) is 4.74 Å². The Kier molecular flexibility index (Phi) is 5.48. The minimum absolute atomic E-state index is 0.0731. The number of carbonyl (C=O) groups excluding carboxylic acids is 2. The van der Waals surface area contributed by atoms with Gasteiger partial charge in [0, 0.05) is 19.4 Å². The van der Waals surface area contributed by atoms with Crippen LogP contribution in [0.5, 0.6) is 0 Å². The van der Waals surface area contributed by atoms with Crippen LogP contribution in [-0.4, -0.2) is 29.4 Å². The van der Waals surface area contributed by atoms with Gasteiger partial charge in [0.05, 0.1) is 10.5 Å². The smallest absolute Gasteiger partial charge is 0.410 e. The van der Waals surface area contributed by atoms with Gasteiger partial charge in [-0.1, -0.05) is 42.5 Å². The van der Waals surface area contributed by atoms with Crippen molar-refractivity contribution in [2.75, 3.05) is 6.54 Å². The highest BCUT2D eigenvalue weighted by atomic mass is 79.9. The van der Waals surface area contributed by atoms with Crippen LogP contribution in [0, 0.1) is 5.82 Å². The normalized spacial score (nSPS) is 17.0. The summed E-state index contributed by atoms with van der Waals surface area (Å²) in [7, 11) is 0. The molecule has 0 bridgehead atoms. The molecule has 0 spiro atoms. The molecule has 25 heavy (non-hydrogen) atoms. The van der Waals surface area contributed by atoms with Gasteiger partial charge in [-0.15, -0.1) is 0 Å². The van der Waals surface area contributed by atoms with Crippen molar-refractivity contribution >= 4 is 27.8 Å². The van der Waals surface area contributed by atoms with E-state index in [1.165, 1.54) is 4.90 Å². The fraction of sp³-hybridized carbons (Fsp3) is 0.263. The number of rotatable bonds is 4. The van der Waals surface area contributed by atoms with Crippen LogP contribution in [0.25, 0.3) is 0 Å². The van der Waals surface area contributed by atoms with Gasteiger partial charge in [-0.2, -0.15) is 0 Å². The molecule has 0 N–H and O–H groups in total. The van der Waals surface area contributed by atoms with Crippen molar-refractivity contribution < 1.29 is 18.7 Å². The zero-order valence-electron chi connectivity index (χ0n) is 13.5. The third-order valence-corrected chi connectivity index (χ3v) is 4.84. The van der Waals surface area contributed by atoms with E-state index in [1.54, 1.807) is 18.2 Å². The lowest BCUT2D eigenvalue weighted by Crippen LogP contribution is -2.40. The SMILES string of the molecule is O=C1CCN(C(=O)OCc2ccccc2)C1Cc1cccc(Br)c1F. The number of Topliss-reactive ketones (excluding diaryl/α,β-unsaturated/α-hetero) is 1. The summed E-state index contributed by atoms with van der Waals surface area (Å²) in [5.74, 6) is -0.476. The molecular formula is C19H17BrFNO3. The summed E-state index contributed by atoms with van der Waals surface area (Å²) in [6.45, 7) is 0.440. The first kappa shape index (κ1) is 17.6. The number of benzene rings is 2. The topological polar surface area (TPSA) is 46.6 Å². The molecule has 0 saturated carbocycles. The van der Waals surface area contributed by atoms with Gasteiger partial charge >= 0.3 is 6.09 Å². The number of hydrogen-bond donors (Lipinski definition) is 0. The highest BCUT2D eigenvalue weighted by Crippen LogP contribution is 2.24. The van der Waals surface area contributed by atoms with Crippen molar-refractivity contribution in [3.8, 4) is 0 Å². The Bertz CT molecular complexity index is 781.